The van der Waals surface area contributed by atoms with Crippen LogP contribution in [0.5, 0.6) is 0 Å². The Hall–Kier alpha value is -4.28. The summed E-state index contributed by atoms with van der Waals surface area (Å²) in [5, 5.41) is 0. The van der Waals surface area contributed by atoms with Gasteiger partial charge in [0, 0.05) is 29.5 Å². The van der Waals surface area contributed by atoms with Gasteiger partial charge in [-0.2, -0.15) is 0 Å². The minimum absolute atomic E-state index is 1.04. The van der Waals surface area contributed by atoms with Crippen molar-refractivity contribution < 1.29 is 0 Å². The summed E-state index contributed by atoms with van der Waals surface area (Å²) >= 11 is 0. The lowest BCUT2D eigenvalue weighted by atomic mass is 9.97. The van der Waals surface area contributed by atoms with Crippen molar-refractivity contribution in [3.8, 4) is 33.4 Å². The smallest absolute Gasteiger partial charge is 0.0494 e. The molecule has 0 aliphatic carbocycles. The molecular formula is C31H23N. The van der Waals surface area contributed by atoms with Gasteiger partial charge in [-0.05, 0) is 58.7 Å². The molecule has 1 heteroatoms. The number of nitrogens with zero attached hydrogens (tertiary/aromatic N) is 1. The Morgan fingerprint density at radius 2 is 1.16 bits per heavy atom. The van der Waals surface area contributed by atoms with E-state index in [0.29, 0.717) is 0 Å². The summed E-state index contributed by atoms with van der Waals surface area (Å²) in [7, 11) is 2.12. The Morgan fingerprint density at radius 3 is 1.78 bits per heavy atom. The van der Waals surface area contributed by atoms with Gasteiger partial charge in [-0.15, -0.1) is 0 Å². The average Bonchev–Trinajstić information content (AvgIpc) is 2.89. The van der Waals surface area contributed by atoms with Gasteiger partial charge in [-0.25, -0.2) is 0 Å². The van der Waals surface area contributed by atoms with Crippen LogP contribution in [-0.2, 0) is 0 Å². The maximum absolute atomic E-state index is 3.29. The molecule has 0 saturated carbocycles. The fourth-order valence-electron chi connectivity index (χ4n) is 4.01. The Bertz CT molecular complexity index is 1290. The van der Waals surface area contributed by atoms with E-state index in [1.807, 2.05) is 24.3 Å². The summed E-state index contributed by atoms with van der Waals surface area (Å²) in [5.74, 6) is 0. The van der Waals surface area contributed by atoms with Gasteiger partial charge in [-0.3, -0.25) is 0 Å². The summed E-state index contributed by atoms with van der Waals surface area (Å²) in [6.07, 6.45) is 0. The molecule has 1 nitrogen and oxygen atoms in total. The number of benzene rings is 4. The largest absolute Gasteiger partial charge is 0.344 e. The lowest BCUT2D eigenvalue weighted by Gasteiger charge is -2.23. The SMILES string of the molecule is CN(c1ccc(-c2ccccc2)cc1)c1ccc(-c2ccccc2)cc1-c1c#cccc1. The Morgan fingerprint density at radius 1 is 0.562 bits per heavy atom. The van der Waals surface area contributed by atoms with Gasteiger partial charge < -0.3 is 4.90 Å². The van der Waals surface area contributed by atoms with Crippen molar-refractivity contribution in [3.63, 3.8) is 0 Å². The van der Waals surface area contributed by atoms with Crippen LogP contribution in [0.25, 0.3) is 33.4 Å². The molecule has 0 amide bonds. The van der Waals surface area contributed by atoms with E-state index < -0.39 is 0 Å². The summed E-state index contributed by atoms with van der Waals surface area (Å²) in [5.41, 5.74) is 9.28. The van der Waals surface area contributed by atoms with Gasteiger partial charge in [0.2, 0.25) is 0 Å². The molecule has 5 aromatic rings. The Kier molecular flexibility index (Phi) is 5.43. The normalized spacial score (nSPS) is 10.4. The molecule has 0 N–H and O–H groups in total. The van der Waals surface area contributed by atoms with Crippen LogP contribution in [0.15, 0.2) is 121 Å². The average molecular weight is 410 g/mol. The molecule has 5 aromatic carbocycles. The van der Waals surface area contributed by atoms with Crippen LogP contribution in [0.2, 0.25) is 0 Å². The highest BCUT2D eigenvalue weighted by Crippen LogP contribution is 2.37. The fourth-order valence-corrected chi connectivity index (χ4v) is 4.01. The number of hydrogen-bond donors (Lipinski definition) is 0. The first-order valence-corrected chi connectivity index (χ1v) is 10.8. The van der Waals surface area contributed by atoms with Crippen LogP contribution < -0.4 is 4.90 Å². The van der Waals surface area contributed by atoms with Crippen LogP contribution in [0.4, 0.5) is 11.4 Å². The van der Waals surface area contributed by atoms with E-state index in [9.17, 15) is 0 Å². The van der Waals surface area contributed by atoms with Gasteiger partial charge in [0.25, 0.3) is 0 Å². The van der Waals surface area contributed by atoms with Gasteiger partial charge in [-0.1, -0.05) is 97.1 Å². The first-order valence-electron chi connectivity index (χ1n) is 10.8. The molecule has 5 rings (SSSR count). The van der Waals surface area contributed by atoms with E-state index in [2.05, 4.69) is 121 Å². The predicted octanol–water partition coefficient (Wildman–Crippen LogP) is 8.06. The standard InChI is InChI=1S/C31H23N/c1-32(29-20-17-26(18-21-29)24-11-5-2-6-12-24)31-22-19-28(25-13-7-3-8-14-25)23-30(31)27-15-9-4-10-16-27/h2-9,11-15,17-23H,1H3. The first-order chi connectivity index (χ1) is 15.8. The third kappa shape index (κ3) is 4.00. The highest BCUT2D eigenvalue weighted by molar-refractivity contribution is 5.86. The molecule has 0 aliphatic heterocycles. The fraction of sp³-hybridized carbons (Fsp3) is 0.0323. The number of anilines is 2. The molecule has 32 heavy (non-hydrogen) atoms. The second-order valence-corrected chi connectivity index (χ2v) is 7.78. The van der Waals surface area contributed by atoms with Crippen LogP contribution in [0.1, 0.15) is 0 Å². The highest BCUT2D eigenvalue weighted by Gasteiger charge is 2.13. The molecule has 0 aromatic heterocycles. The van der Waals surface area contributed by atoms with Crippen LogP contribution >= 0.6 is 0 Å². The minimum atomic E-state index is 1.04. The molecule has 0 bridgehead atoms. The molecule has 0 unspecified atom stereocenters. The van der Waals surface area contributed by atoms with Gasteiger partial charge in [0.05, 0.1) is 0 Å². The Labute approximate surface area is 190 Å². The van der Waals surface area contributed by atoms with Crippen molar-refractivity contribution in [2.45, 2.75) is 0 Å². The van der Waals surface area contributed by atoms with Crippen LogP contribution in [0.3, 0.4) is 0 Å². The summed E-state index contributed by atoms with van der Waals surface area (Å²) < 4.78 is 0. The molecule has 0 atom stereocenters. The zero-order valence-corrected chi connectivity index (χ0v) is 18.0. The second-order valence-electron chi connectivity index (χ2n) is 7.78. The van der Waals surface area contributed by atoms with Gasteiger partial charge in [0.1, 0.15) is 0 Å². The number of rotatable bonds is 5. The van der Waals surface area contributed by atoms with Crippen LogP contribution in [0, 0.1) is 12.1 Å². The molecule has 0 heterocycles. The van der Waals surface area contributed by atoms with E-state index in [-0.39, 0.29) is 0 Å². The monoisotopic (exact) mass is 409 g/mol. The molecule has 0 radical (unpaired) electrons. The van der Waals surface area contributed by atoms with Crippen LogP contribution in [-0.4, -0.2) is 7.05 Å². The predicted molar refractivity (Wildman–Crippen MR) is 135 cm³/mol. The molecule has 0 fully saturated rings. The summed E-state index contributed by atoms with van der Waals surface area (Å²) in [6, 6.07) is 48.7. The molecule has 0 aliphatic rings. The zero-order valence-electron chi connectivity index (χ0n) is 18.0. The zero-order chi connectivity index (χ0) is 21.8. The topological polar surface area (TPSA) is 3.24 Å². The number of hydrogen-bond acceptors (Lipinski definition) is 1. The lowest BCUT2D eigenvalue weighted by Crippen LogP contribution is -2.10. The van der Waals surface area contributed by atoms with Crippen molar-refractivity contribution in [2.75, 3.05) is 11.9 Å². The van der Waals surface area contributed by atoms with Crippen molar-refractivity contribution in [1.29, 1.82) is 0 Å². The van der Waals surface area contributed by atoms with E-state index in [0.717, 1.165) is 22.5 Å². The highest BCUT2D eigenvalue weighted by atomic mass is 15.1. The molecule has 152 valence electrons. The maximum Gasteiger partial charge on any atom is 0.0494 e. The quantitative estimate of drug-likeness (QED) is 0.284. The van der Waals surface area contributed by atoms with E-state index in [1.165, 1.54) is 22.3 Å². The Balaban J connectivity index is 1.55. The van der Waals surface area contributed by atoms with Crippen molar-refractivity contribution in [1.82, 2.24) is 0 Å². The third-order valence-corrected chi connectivity index (χ3v) is 5.77. The summed E-state index contributed by atoms with van der Waals surface area (Å²) in [4.78, 5) is 2.24. The molecule has 0 saturated heterocycles. The van der Waals surface area contributed by atoms with Crippen molar-refractivity contribution in [3.05, 3.63) is 133 Å². The van der Waals surface area contributed by atoms with Gasteiger partial charge >= 0.3 is 0 Å². The molecule has 0 spiro atoms. The van der Waals surface area contributed by atoms with E-state index in [4.69, 9.17) is 0 Å². The minimum Gasteiger partial charge on any atom is -0.344 e. The van der Waals surface area contributed by atoms with E-state index >= 15 is 0 Å². The lowest BCUT2D eigenvalue weighted by molar-refractivity contribution is 1.21. The van der Waals surface area contributed by atoms with E-state index in [1.54, 1.807) is 0 Å². The maximum atomic E-state index is 3.29. The second kappa shape index (κ2) is 8.84. The van der Waals surface area contributed by atoms with Crippen molar-refractivity contribution in [2.24, 2.45) is 0 Å². The molecular weight excluding hydrogens is 386 g/mol. The first kappa shape index (κ1) is 19.7. The summed E-state index contributed by atoms with van der Waals surface area (Å²) in [6.45, 7) is 0. The third-order valence-electron chi connectivity index (χ3n) is 5.77. The van der Waals surface area contributed by atoms with Gasteiger partial charge in [0.15, 0.2) is 0 Å². The van der Waals surface area contributed by atoms with Crippen molar-refractivity contribution >= 4 is 11.4 Å².